The molecule has 2 aliphatic rings. The predicted octanol–water partition coefficient (Wildman–Crippen LogP) is 4.10. The number of amides is 1. The van der Waals surface area contributed by atoms with Crippen molar-refractivity contribution >= 4 is 16.8 Å². The number of nitrogens with one attached hydrogen (secondary N) is 1. The molecule has 1 aromatic heterocycles. The Morgan fingerprint density at radius 2 is 2.15 bits per heavy atom. The third-order valence-corrected chi connectivity index (χ3v) is 6.63. The number of hydrogen-bond donors (Lipinski definition) is 1. The van der Waals surface area contributed by atoms with Gasteiger partial charge in [0.1, 0.15) is 0 Å². The van der Waals surface area contributed by atoms with Crippen molar-refractivity contribution in [2.45, 2.75) is 64.5 Å². The first-order chi connectivity index (χ1) is 13.0. The van der Waals surface area contributed by atoms with Gasteiger partial charge in [-0.05, 0) is 57.4 Å². The number of rotatable bonds is 5. The summed E-state index contributed by atoms with van der Waals surface area (Å²) in [5.74, 6) is 0.786. The Morgan fingerprint density at radius 3 is 2.89 bits per heavy atom. The molecule has 2 heterocycles. The predicted molar refractivity (Wildman–Crippen MR) is 111 cm³/mol. The van der Waals surface area contributed by atoms with Gasteiger partial charge >= 0.3 is 0 Å². The summed E-state index contributed by atoms with van der Waals surface area (Å²) in [6, 6.07) is 7.73. The zero-order chi connectivity index (χ0) is 19.1. The molecule has 4 heteroatoms. The Balaban J connectivity index is 1.66. The average Bonchev–Trinajstić information content (AvgIpc) is 3.03. The third kappa shape index (κ3) is 3.18. The number of hydrogen-bond acceptors (Lipinski definition) is 2. The molecular formula is C23H33N3O. The van der Waals surface area contributed by atoms with E-state index in [9.17, 15) is 4.79 Å². The highest BCUT2D eigenvalue weighted by molar-refractivity contribution is 5.89. The van der Waals surface area contributed by atoms with Gasteiger partial charge in [0.25, 0.3) is 0 Å². The number of benzene rings is 1. The van der Waals surface area contributed by atoms with Gasteiger partial charge in [-0.3, -0.25) is 4.79 Å². The molecule has 27 heavy (non-hydrogen) atoms. The second-order valence-electron chi connectivity index (χ2n) is 8.79. The Kier molecular flexibility index (Phi) is 5.02. The molecule has 1 fully saturated rings. The molecule has 1 aromatic carbocycles. The lowest BCUT2D eigenvalue weighted by Gasteiger charge is -2.45. The molecule has 1 amide bonds. The lowest BCUT2D eigenvalue weighted by Crippen LogP contribution is -2.51. The van der Waals surface area contributed by atoms with Gasteiger partial charge in [0.15, 0.2) is 0 Å². The highest BCUT2D eigenvalue weighted by Crippen LogP contribution is 2.45. The van der Waals surface area contributed by atoms with Crippen molar-refractivity contribution in [3.63, 3.8) is 0 Å². The van der Waals surface area contributed by atoms with Crippen LogP contribution in [-0.4, -0.2) is 41.6 Å². The quantitative estimate of drug-likeness (QED) is 0.808. The van der Waals surface area contributed by atoms with Gasteiger partial charge in [-0.25, -0.2) is 0 Å². The third-order valence-electron chi connectivity index (χ3n) is 6.63. The van der Waals surface area contributed by atoms with E-state index in [0.29, 0.717) is 18.0 Å². The molecule has 0 radical (unpaired) electrons. The Labute approximate surface area is 162 Å². The molecule has 0 spiro atoms. The minimum Gasteiger partial charge on any atom is -0.356 e. The lowest BCUT2D eigenvalue weighted by atomic mass is 9.72. The number of aromatic nitrogens is 1. The number of likely N-dealkylation sites (tertiary alicyclic amines) is 1. The van der Waals surface area contributed by atoms with Gasteiger partial charge in [-0.2, -0.15) is 0 Å². The minimum atomic E-state index is 0.0945. The Bertz CT molecular complexity index is 838. The Morgan fingerprint density at radius 1 is 1.33 bits per heavy atom. The molecule has 0 saturated carbocycles. The largest absolute Gasteiger partial charge is 0.356 e. The zero-order valence-electron chi connectivity index (χ0n) is 17.2. The summed E-state index contributed by atoms with van der Waals surface area (Å²) >= 11 is 0. The van der Waals surface area contributed by atoms with Crippen molar-refractivity contribution in [2.75, 3.05) is 20.1 Å². The SMILES string of the molecule is CCCCNC(=O)C1C[C@@H]2c3cccc4c3c(cn4C(C)C)C[C@H]2N(C)C1. The maximum Gasteiger partial charge on any atom is 0.224 e. The maximum atomic E-state index is 12.7. The molecule has 1 saturated heterocycles. The van der Waals surface area contributed by atoms with Crippen LogP contribution in [0.1, 0.15) is 63.1 Å². The van der Waals surface area contributed by atoms with Crippen LogP contribution in [0, 0.1) is 5.92 Å². The summed E-state index contributed by atoms with van der Waals surface area (Å²) in [6.07, 6.45) is 6.61. The van der Waals surface area contributed by atoms with Crippen LogP contribution in [0.15, 0.2) is 24.4 Å². The highest BCUT2D eigenvalue weighted by atomic mass is 16.1. The van der Waals surface area contributed by atoms with E-state index in [0.717, 1.165) is 38.8 Å². The van der Waals surface area contributed by atoms with Crippen LogP contribution in [0.2, 0.25) is 0 Å². The smallest absolute Gasteiger partial charge is 0.224 e. The van der Waals surface area contributed by atoms with Crippen molar-refractivity contribution in [3.8, 4) is 0 Å². The van der Waals surface area contributed by atoms with E-state index in [1.54, 1.807) is 0 Å². The van der Waals surface area contributed by atoms with E-state index >= 15 is 0 Å². The molecule has 3 atom stereocenters. The van der Waals surface area contributed by atoms with E-state index in [4.69, 9.17) is 0 Å². The van der Waals surface area contributed by atoms with Crippen LogP contribution >= 0.6 is 0 Å². The van der Waals surface area contributed by atoms with Gasteiger partial charge in [-0.1, -0.05) is 25.5 Å². The molecule has 4 nitrogen and oxygen atoms in total. The van der Waals surface area contributed by atoms with Gasteiger partial charge in [-0.15, -0.1) is 0 Å². The molecule has 1 N–H and O–H groups in total. The average molecular weight is 368 g/mol. The summed E-state index contributed by atoms with van der Waals surface area (Å²) in [5, 5.41) is 4.61. The van der Waals surface area contributed by atoms with Crippen LogP contribution in [0.25, 0.3) is 10.9 Å². The second-order valence-corrected chi connectivity index (χ2v) is 8.79. The number of likely N-dealkylation sites (N-methyl/N-ethyl adjacent to an activating group) is 1. The fourth-order valence-electron chi connectivity index (χ4n) is 5.22. The second kappa shape index (κ2) is 7.31. The maximum absolute atomic E-state index is 12.7. The molecule has 0 bridgehead atoms. The van der Waals surface area contributed by atoms with E-state index < -0.39 is 0 Å². The number of carbonyl (C=O) groups is 1. The molecular weight excluding hydrogens is 334 g/mol. The minimum absolute atomic E-state index is 0.0945. The molecule has 146 valence electrons. The Hall–Kier alpha value is -1.81. The van der Waals surface area contributed by atoms with E-state index in [1.165, 1.54) is 22.0 Å². The fourth-order valence-corrected chi connectivity index (χ4v) is 5.22. The van der Waals surface area contributed by atoms with Crippen LogP contribution in [0.3, 0.4) is 0 Å². The van der Waals surface area contributed by atoms with Gasteiger partial charge in [0.2, 0.25) is 5.91 Å². The molecule has 1 aliphatic heterocycles. The van der Waals surface area contributed by atoms with Crippen molar-refractivity contribution in [2.24, 2.45) is 5.92 Å². The van der Waals surface area contributed by atoms with Gasteiger partial charge in [0.05, 0.1) is 5.92 Å². The number of nitrogens with zero attached hydrogens (tertiary/aromatic N) is 2. The van der Waals surface area contributed by atoms with E-state index in [-0.39, 0.29) is 11.8 Å². The van der Waals surface area contributed by atoms with Crippen molar-refractivity contribution in [3.05, 3.63) is 35.5 Å². The monoisotopic (exact) mass is 367 g/mol. The molecule has 1 aliphatic carbocycles. The van der Waals surface area contributed by atoms with E-state index in [2.05, 4.69) is 67.0 Å². The highest BCUT2D eigenvalue weighted by Gasteiger charge is 2.41. The van der Waals surface area contributed by atoms with Gasteiger partial charge in [0, 0.05) is 48.2 Å². The number of unbranched alkanes of at least 4 members (excludes halogenated alkanes) is 1. The molecule has 4 rings (SSSR count). The van der Waals surface area contributed by atoms with Crippen molar-refractivity contribution in [1.82, 2.24) is 14.8 Å². The van der Waals surface area contributed by atoms with Crippen LogP contribution in [0.5, 0.6) is 0 Å². The summed E-state index contributed by atoms with van der Waals surface area (Å²) in [4.78, 5) is 15.2. The molecule has 2 aromatic rings. The fraction of sp³-hybridized carbons (Fsp3) is 0.609. The summed E-state index contributed by atoms with van der Waals surface area (Å²) in [7, 11) is 2.20. The van der Waals surface area contributed by atoms with Gasteiger partial charge < -0.3 is 14.8 Å². The van der Waals surface area contributed by atoms with Crippen LogP contribution < -0.4 is 5.32 Å². The number of carbonyl (C=O) groups excluding carboxylic acids is 1. The first-order valence-electron chi connectivity index (χ1n) is 10.6. The van der Waals surface area contributed by atoms with Crippen LogP contribution in [0.4, 0.5) is 0 Å². The normalized spacial score (nSPS) is 25.0. The number of fused-ring (bicyclic) bond motifs is 2. The number of piperidine rings is 1. The lowest BCUT2D eigenvalue weighted by molar-refractivity contribution is -0.127. The first-order valence-corrected chi connectivity index (χ1v) is 10.6. The van der Waals surface area contributed by atoms with Crippen LogP contribution in [-0.2, 0) is 11.2 Å². The zero-order valence-corrected chi connectivity index (χ0v) is 17.2. The summed E-state index contributed by atoms with van der Waals surface area (Å²) < 4.78 is 2.42. The summed E-state index contributed by atoms with van der Waals surface area (Å²) in [6.45, 7) is 8.35. The van der Waals surface area contributed by atoms with Crippen molar-refractivity contribution in [1.29, 1.82) is 0 Å². The van der Waals surface area contributed by atoms with Crippen molar-refractivity contribution < 1.29 is 4.79 Å². The molecule has 1 unspecified atom stereocenters. The summed E-state index contributed by atoms with van der Waals surface area (Å²) in [5.41, 5.74) is 4.29. The van der Waals surface area contributed by atoms with E-state index in [1.807, 2.05) is 0 Å². The topological polar surface area (TPSA) is 37.3 Å². The standard InChI is InChI=1S/C23H33N3O/c1-5-6-10-24-23(27)17-11-19-18-8-7-9-20-22(18)16(14-26(20)15(2)3)12-21(19)25(4)13-17/h7-9,14-15,17,19,21H,5-6,10-13H2,1-4H3,(H,24,27)/t17?,19-,21-/m1/s1. The first kappa shape index (κ1) is 18.5.